The van der Waals surface area contributed by atoms with Crippen molar-refractivity contribution in [3.63, 3.8) is 0 Å². The van der Waals surface area contributed by atoms with Crippen LogP contribution in [0.3, 0.4) is 0 Å². The van der Waals surface area contributed by atoms with Crippen LogP contribution in [0.5, 0.6) is 0 Å². The normalized spacial score (nSPS) is 20.1. The lowest BCUT2D eigenvalue weighted by molar-refractivity contribution is -0.143. The summed E-state index contributed by atoms with van der Waals surface area (Å²) in [4.78, 5) is 53.2. The van der Waals surface area contributed by atoms with Crippen LogP contribution in [0.4, 0.5) is 4.79 Å². The maximum Gasteiger partial charge on any atom is 0.407 e. The molecule has 1 aromatic carbocycles. The number of azide groups is 1. The van der Waals surface area contributed by atoms with E-state index in [1.54, 1.807) is 24.3 Å². The van der Waals surface area contributed by atoms with E-state index in [1.165, 1.54) is 24.8 Å². The van der Waals surface area contributed by atoms with Crippen LogP contribution in [-0.4, -0.2) is 53.5 Å². The first-order chi connectivity index (χ1) is 16.3. The van der Waals surface area contributed by atoms with Crippen molar-refractivity contribution in [2.24, 2.45) is 5.11 Å². The molecule has 0 bridgehead atoms. The van der Waals surface area contributed by atoms with E-state index in [-0.39, 0.29) is 19.4 Å². The van der Waals surface area contributed by atoms with Gasteiger partial charge in [0.05, 0.1) is 13.2 Å². The molecule has 0 saturated carbocycles. The molecule has 1 aliphatic heterocycles. The largest absolute Gasteiger partial charge is 0.467 e. The average Bonchev–Trinajstić information content (AvgIpc) is 3.22. The summed E-state index contributed by atoms with van der Waals surface area (Å²) in [7, 11) is 1.21. The molecule has 2 heterocycles. The number of aromatic amines is 1. The van der Waals surface area contributed by atoms with Gasteiger partial charge in [0.15, 0.2) is 0 Å². The number of aryl methyl sites for hydroxylation is 1. The van der Waals surface area contributed by atoms with Crippen LogP contribution >= 0.6 is 0 Å². The average molecular weight is 472 g/mol. The Morgan fingerprint density at radius 2 is 2.09 bits per heavy atom. The number of amides is 1. The van der Waals surface area contributed by atoms with Crippen molar-refractivity contribution < 1.29 is 23.8 Å². The zero-order chi connectivity index (χ0) is 24.7. The second kappa shape index (κ2) is 11.2. The Balaban J connectivity index is 1.65. The zero-order valence-corrected chi connectivity index (χ0v) is 18.5. The molecule has 1 fully saturated rings. The predicted octanol–water partition coefficient (Wildman–Crippen LogP) is 1.32. The molecule has 3 rings (SSSR count). The summed E-state index contributed by atoms with van der Waals surface area (Å²) in [6, 6.07) is 7.34. The number of aromatic nitrogens is 2. The van der Waals surface area contributed by atoms with Crippen molar-refractivity contribution in [3.8, 4) is 0 Å². The Morgan fingerprint density at radius 1 is 1.35 bits per heavy atom. The van der Waals surface area contributed by atoms with E-state index < -0.39 is 47.7 Å². The molecule has 0 aliphatic carbocycles. The molecule has 1 unspecified atom stereocenters. The maximum atomic E-state index is 12.4. The highest BCUT2D eigenvalue weighted by atomic mass is 16.6. The zero-order valence-electron chi connectivity index (χ0n) is 18.5. The predicted molar refractivity (Wildman–Crippen MR) is 118 cm³/mol. The van der Waals surface area contributed by atoms with Gasteiger partial charge in [-0.3, -0.25) is 14.3 Å². The Hall–Kier alpha value is -4.09. The third-order valence-electron chi connectivity index (χ3n) is 5.30. The molecule has 1 saturated heterocycles. The fourth-order valence-electron chi connectivity index (χ4n) is 3.55. The SMILES string of the molecule is COC(=O)[C@H](Cc1ccccc1)NC(=O)OC[C@H]1O[C@@H](n2cc(C)c(=O)[nH]c2=O)CC1N=[N+]=[N-]. The van der Waals surface area contributed by atoms with Crippen LogP contribution in [-0.2, 0) is 25.4 Å². The molecule has 2 N–H and O–H groups in total. The van der Waals surface area contributed by atoms with Crippen molar-refractivity contribution in [1.82, 2.24) is 14.9 Å². The number of nitrogens with one attached hydrogen (secondary N) is 2. The summed E-state index contributed by atoms with van der Waals surface area (Å²) in [5.41, 5.74) is 8.79. The van der Waals surface area contributed by atoms with E-state index in [0.717, 1.165) is 5.56 Å². The summed E-state index contributed by atoms with van der Waals surface area (Å²) in [5.74, 6) is -0.641. The molecule has 1 amide bonds. The monoisotopic (exact) mass is 472 g/mol. The molecule has 13 nitrogen and oxygen atoms in total. The van der Waals surface area contributed by atoms with Crippen LogP contribution in [0.1, 0.15) is 23.8 Å². The van der Waals surface area contributed by atoms with E-state index >= 15 is 0 Å². The number of rotatable bonds is 8. The molecule has 180 valence electrons. The Kier molecular flexibility index (Phi) is 8.06. The number of H-pyrrole nitrogens is 1. The summed E-state index contributed by atoms with van der Waals surface area (Å²) in [6.07, 6.45) is -0.910. The standard InChI is InChI=1S/C21H24N6O7/c1-12-10-27(20(30)24-18(12)28)17-9-14(25-26-22)16(34-17)11-33-21(31)23-15(19(29)32-2)8-13-6-4-3-5-7-13/h3-7,10,14-17H,8-9,11H2,1-2H3,(H,23,31)(H,24,28,30)/t14?,15-,16+,17+/m0/s1. The van der Waals surface area contributed by atoms with E-state index in [1.807, 2.05) is 6.07 Å². The molecule has 4 atom stereocenters. The Morgan fingerprint density at radius 3 is 2.76 bits per heavy atom. The third-order valence-corrected chi connectivity index (χ3v) is 5.30. The van der Waals surface area contributed by atoms with Gasteiger partial charge in [-0.1, -0.05) is 35.4 Å². The molecule has 1 aliphatic rings. The number of esters is 1. The molecular formula is C21H24N6O7. The molecule has 2 aromatic rings. The van der Waals surface area contributed by atoms with Gasteiger partial charge in [0.1, 0.15) is 25.0 Å². The number of carbonyl (C=O) groups is 2. The van der Waals surface area contributed by atoms with Gasteiger partial charge in [0.25, 0.3) is 5.56 Å². The highest BCUT2D eigenvalue weighted by Gasteiger charge is 2.37. The van der Waals surface area contributed by atoms with Crippen molar-refractivity contribution in [2.45, 2.75) is 44.2 Å². The third kappa shape index (κ3) is 6.03. The van der Waals surface area contributed by atoms with E-state index in [9.17, 15) is 19.2 Å². The number of ether oxygens (including phenoxy) is 3. The summed E-state index contributed by atoms with van der Waals surface area (Å²) >= 11 is 0. The van der Waals surface area contributed by atoms with Gasteiger partial charge in [0.2, 0.25) is 0 Å². The fourth-order valence-corrected chi connectivity index (χ4v) is 3.55. The van der Waals surface area contributed by atoms with Gasteiger partial charge in [-0.25, -0.2) is 14.4 Å². The van der Waals surface area contributed by atoms with Crippen LogP contribution in [0.15, 0.2) is 51.2 Å². The number of alkyl carbamates (subject to hydrolysis) is 1. The first-order valence-electron chi connectivity index (χ1n) is 10.4. The van der Waals surface area contributed by atoms with Gasteiger partial charge in [0, 0.05) is 29.5 Å². The van der Waals surface area contributed by atoms with Crippen LogP contribution < -0.4 is 16.6 Å². The summed E-state index contributed by atoms with van der Waals surface area (Å²) < 4.78 is 16.9. The van der Waals surface area contributed by atoms with Crippen molar-refractivity contribution >= 4 is 12.1 Å². The first kappa shape index (κ1) is 24.6. The quantitative estimate of drug-likeness (QED) is 0.252. The first-order valence-corrected chi connectivity index (χ1v) is 10.4. The van der Waals surface area contributed by atoms with E-state index in [0.29, 0.717) is 5.56 Å². The number of hydrogen-bond donors (Lipinski definition) is 2. The molecule has 0 radical (unpaired) electrons. The van der Waals surface area contributed by atoms with Crippen molar-refractivity contribution in [3.05, 3.63) is 78.9 Å². The van der Waals surface area contributed by atoms with Crippen LogP contribution in [0.25, 0.3) is 10.4 Å². The van der Waals surface area contributed by atoms with Gasteiger partial charge < -0.3 is 19.5 Å². The smallest absolute Gasteiger partial charge is 0.407 e. The molecule has 1 aromatic heterocycles. The van der Waals surface area contributed by atoms with Gasteiger partial charge in [-0.2, -0.15) is 0 Å². The van der Waals surface area contributed by atoms with Crippen LogP contribution in [0, 0.1) is 6.92 Å². The Bertz CT molecular complexity index is 1190. The van der Waals surface area contributed by atoms with Crippen molar-refractivity contribution in [2.75, 3.05) is 13.7 Å². The van der Waals surface area contributed by atoms with Crippen LogP contribution in [0.2, 0.25) is 0 Å². The second-order valence-electron chi connectivity index (χ2n) is 7.62. The van der Waals surface area contributed by atoms with Gasteiger partial charge in [-0.15, -0.1) is 0 Å². The molecule has 13 heteroatoms. The minimum absolute atomic E-state index is 0.129. The summed E-state index contributed by atoms with van der Waals surface area (Å²) in [5, 5.41) is 6.13. The number of carbonyl (C=O) groups excluding carboxylic acids is 2. The number of hydrogen-bond acceptors (Lipinski definition) is 8. The molecule has 0 spiro atoms. The second-order valence-corrected chi connectivity index (χ2v) is 7.62. The van der Waals surface area contributed by atoms with Gasteiger partial charge >= 0.3 is 17.8 Å². The van der Waals surface area contributed by atoms with Gasteiger partial charge in [-0.05, 0) is 18.0 Å². The highest BCUT2D eigenvalue weighted by Crippen LogP contribution is 2.30. The minimum atomic E-state index is -0.979. The van der Waals surface area contributed by atoms with E-state index in [2.05, 4.69) is 20.3 Å². The topological polar surface area (TPSA) is 177 Å². The highest BCUT2D eigenvalue weighted by molar-refractivity contribution is 5.81. The lowest BCUT2D eigenvalue weighted by atomic mass is 10.1. The summed E-state index contributed by atoms with van der Waals surface area (Å²) in [6.45, 7) is 1.23. The number of nitrogens with zero attached hydrogens (tertiary/aromatic N) is 4. The minimum Gasteiger partial charge on any atom is -0.467 e. The maximum absolute atomic E-state index is 12.4. The molecular weight excluding hydrogens is 448 g/mol. The number of methoxy groups -OCH3 is 1. The fraction of sp³-hybridized carbons (Fsp3) is 0.429. The van der Waals surface area contributed by atoms with Crippen molar-refractivity contribution in [1.29, 1.82) is 0 Å². The number of benzene rings is 1. The van der Waals surface area contributed by atoms with E-state index in [4.69, 9.17) is 19.7 Å². The lowest BCUT2D eigenvalue weighted by Crippen LogP contribution is -2.44. The lowest BCUT2D eigenvalue weighted by Gasteiger charge is -2.19. The molecule has 34 heavy (non-hydrogen) atoms. The Labute approximate surface area is 193 Å².